The molecular weight excluding hydrogens is 272 g/mol. The van der Waals surface area contributed by atoms with Gasteiger partial charge in [-0.15, -0.1) is 0 Å². The minimum Gasteiger partial charge on any atom is -0.480 e. The zero-order valence-corrected chi connectivity index (χ0v) is 12.5. The summed E-state index contributed by atoms with van der Waals surface area (Å²) >= 11 is 0. The first-order valence-electron chi connectivity index (χ1n) is 7.94. The van der Waals surface area contributed by atoms with Crippen molar-refractivity contribution in [2.75, 3.05) is 13.1 Å². The lowest BCUT2D eigenvalue weighted by atomic mass is 9.76. The second kappa shape index (κ2) is 5.48. The van der Waals surface area contributed by atoms with Gasteiger partial charge in [0.05, 0.1) is 12.2 Å². The van der Waals surface area contributed by atoms with Gasteiger partial charge in [0.2, 0.25) is 0 Å². The third-order valence-electron chi connectivity index (χ3n) is 5.08. The number of nitrogens with zero attached hydrogens (tertiary/aromatic N) is 1. The third kappa shape index (κ3) is 2.86. The van der Waals surface area contributed by atoms with Crippen LogP contribution in [-0.4, -0.2) is 52.8 Å². The summed E-state index contributed by atoms with van der Waals surface area (Å²) < 4.78 is 5.72. The summed E-state index contributed by atoms with van der Waals surface area (Å²) in [6.07, 6.45) is 5.17. The van der Waals surface area contributed by atoms with Crippen molar-refractivity contribution in [1.29, 1.82) is 0 Å². The molecule has 118 valence electrons. The Labute approximate surface area is 124 Å². The van der Waals surface area contributed by atoms with Crippen molar-refractivity contribution in [3.05, 3.63) is 0 Å². The van der Waals surface area contributed by atoms with E-state index in [1.54, 1.807) is 4.90 Å². The van der Waals surface area contributed by atoms with E-state index >= 15 is 0 Å². The maximum absolute atomic E-state index is 12.5. The summed E-state index contributed by atoms with van der Waals surface area (Å²) in [5.74, 6) is -0.574. The molecule has 0 aromatic rings. The van der Waals surface area contributed by atoms with Crippen LogP contribution in [0.15, 0.2) is 0 Å². The summed E-state index contributed by atoms with van der Waals surface area (Å²) in [5.41, 5.74) is -1.09. The number of carbonyl (C=O) groups is 2. The lowest BCUT2D eigenvalue weighted by Crippen LogP contribution is -2.61. The van der Waals surface area contributed by atoms with E-state index in [9.17, 15) is 14.7 Å². The molecule has 6 heteroatoms. The molecule has 2 bridgehead atoms. The van der Waals surface area contributed by atoms with E-state index in [0.29, 0.717) is 31.8 Å². The predicted molar refractivity (Wildman–Crippen MR) is 76.0 cm³/mol. The summed E-state index contributed by atoms with van der Waals surface area (Å²) in [6.45, 7) is 3.21. The number of hydrogen-bond donors (Lipinski definition) is 2. The van der Waals surface area contributed by atoms with Gasteiger partial charge in [-0.3, -0.25) is 0 Å². The first-order valence-corrected chi connectivity index (χ1v) is 7.94. The topological polar surface area (TPSA) is 78.9 Å². The fourth-order valence-corrected chi connectivity index (χ4v) is 3.98. The van der Waals surface area contributed by atoms with Gasteiger partial charge in [-0.1, -0.05) is 19.8 Å². The summed E-state index contributed by atoms with van der Waals surface area (Å²) in [6, 6.07) is -0.244. The van der Waals surface area contributed by atoms with Crippen LogP contribution in [0.3, 0.4) is 0 Å². The van der Waals surface area contributed by atoms with E-state index in [1.807, 2.05) is 0 Å². The Morgan fingerprint density at radius 2 is 1.90 bits per heavy atom. The molecule has 2 saturated heterocycles. The molecule has 4 atom stereocenters. The van der Waals surface area contributed by atoms with Crippen molar-refractivity contribution in [2.45, 2.75) is 63.2 Å². The fraction of sp³-hybridized carbons (Fsp3) is 0.867. The van der Waals surface area contributed by atoms with Crippen LogP contribution >= 0.6 is 0 Å². The van der Waals surface area contributed by atoms with Crippen LogP contribution in [0.4, 0.5) is 4.79 Å². The summed E-state index contributed by atoms with van der Waals surface area (Å²) in [4.78, 5) is 26.0. The predicted octanol–water partition coefficient (Wildman–Crippen LogP) is 1.59. The maximum Gasteiger partial charge on any atom is 0.329 e. The number of hydrogen-bond acceptors (Lipinski definition) is 3. The molecule has 2 N–H and O–H groups in total. The molecule has 2 amide bonds. The molecule has 2 aliphatic heterocycles. The second-order valence-electron chi connectivity index (χ2n) is 6.88. The van der Waals surface area contributed by atoms with Gasteiger partial charge >= 0.3 is 12.0 Å². The molecule has 3 aliphatic rings. The molecule has 0 aromatic carbocycles. The Balaban J connectivity index is 1.68. The van der Waals surface area contributed by atoms with Crippen LogP contribution in [0.25, 0.3) is 0 Å². The molecule has 2 heterocycles. The second-order valence-corrected chi connectivity index (χ2v) is 6.88. The number of carbonyl (C=O) groups excluding carboxylic acids is 1. The molecule has 1 saturated carbocycles. The molecular formula is C15H24N2O4. The molecule has 6 nitrogen and oxygen atoms in total. The van der Waals surface area contributed by atoms with Crippen LogP contribution in [-0.2, 0) is 9.53 Å². The SMILES string of the molecule is CC1CCCC(NC(=O)N2CC3CCC(C2)O3)(C(=O)O)C1. The van der Waals surface area contributed by atoms with E-state index in [2.05, 4.69) is 12.2 Å². The third-order valence-corrected chi connectivity index (χ3v) is 5.08. The number of fused-ring (bicyclic) bond motifs is 2. The van der Waals surface area contributed by atoms with Gasteiger partial charge in [-0.2, -0.15) is 0 Å². The molecule has 0 spiro atoms. The number of ether oxygens (including phenoxy) is 1. The number of urea groups is 1. The minimum atomic E-state index is -1.09. The molecule has 3 rings (SSSR count). The van der Waals surface area contributed by atoms with Crippen LogP contribution < -0.4 is 5.32 Å². The quantitative estimate of drug-likeness (QED) is 0.811. The highest BCUT2D eigenvalue weighted by molar-refractivity contribution is 5.86. The Morgan fingerprint density at radius 3 is 2.48 bits per heavy atom. The molecule has 4 unspecified atom stereocenters. The number of nitrogens with one attached hydrogen (secondary N) is 1. The molecule has 0 radical (unpaired) electrons. The number of rotatable bonds is 2. The normalized spacial score (nSPS) is 39.1. The van der Waals surface area contributed by atoms with Gasteiger partial charge in [-0.25, -0.2) is 9.59 Å². The zero-order chi connectivity index (χ0) is 15.0. The van der Waals surface area contributed by atoms with Crippen molar-refractivity contribution in [2.24, 2.45) is 5.92 Å². The average Bonchev–Trinajstić information content (AvgIpc) is 2.77. The molecule has 1 aliphatic carbocycles. The first-order chi connectivity index (χ1) is 9.98. The highest BCUT2D eigenvalue weighted by Crippen LogP contribution is 2.33. The highest BCUT2D eigenvalue weighted by Gasteiger charge is 2.45. The molecule has 21 heavy (non-hydrogen) atoms. The smallest absolute Gasteiger partial charge is 0.329 e. The number of amides is 2. The number of carboxylic acids is 1. The van der Waals surface area contributed by atoms with Crippen LogP contribution in [0.2, 0.25) is 0 Å². The van der Waals surface area contributed by atoms with Gasteiger partial charge in [0.25, 0.3) is 0 Å². The van der Waals surface area contributed by atoms with Crippen molar-refractivity contribution >= 4 is 12.0 Å². The van der Waals surface area contributed by atoms with Crippen LogP contribution in [0.1, 0.15) is 45.4 Å². The number of aliphatic carboxylic acids is 1. The number of morpholine rings is 1. The zero-order valence-electron chi connectivity index (χ0n) is 12.5. The first kappa shape index (κ1) is 14.6. The molecule has 0 aromatic heterocycles. The fourth-order valence-electron chi connectivity index (χ4n) is 3.98. The van der Waals surface area contributed by atoms with E-state index < -0.39 is 11.5 Å². The standard InChI is InChI=1S/C15H24N2O4/c1-10-3-2-6-15(7-10,13(18)19)16-14(20)17-8-11-4-5-12(9-17)21-11/h10-12H,2-9H2,1H3,(H,16,20)(H,18,19). The maximum atomic E-state index is 12.5. The summed E-state index contributed by atoms with van der Waals surface area (Å²) in [5, 5.41) is 12.4. The Hall–Kier alpha value is -1.30. The Morgan fingerprint density at radius 1 is 1.24 bits per heavy atom. The van der Waals surface area contributed by atoms with Gasteiger partial charge < -0.3 is 20.1 Å². The van der Waals surface area contributed by atoms with Gasteiger partial charge in [0.1, 0.15) is 5.54 Å². The van der Waals surface area contributed by atoms with Gasteiger partial charge in [-0.05, 0) is 31.6 Å². The van der Waals surface area contributed by atoms with Crippen molar-refractivity contribution in [1.82, 2.24) is 10.2 Å². The van der Waals surface area contributed by atoms with E-state index in [-0.39, 0.29) is 18.2 Å². The van der Waals surface area contributed by atoms with Crippen molar-refractivity contribution in [3.8, 4) is 0 Å². The monoisotopic (exact) mass is 296 g/mol. The van der Waals surface area contributed by atoms with Gasteiger partial charge in [0.15, 0.2) is 0 Å². The lowest BCUT2D eigenvalue weighted by molar-refractivity contribution is -0.146. The Bertz CT molecular complexity index is 429. The molecule has 3 fully saturated rings. The van der Waals surface area contributed by atoms with E-state index in [4.69, 9.17) is 4.74 Å². The van der Waals surface area contributed by atoms with Gasteiger partial charge in [0, 0.05) is 13.1 Å². The number of carboxylic acid groups (broad SMARTS) is 1. The average molecular weight is 296 g/mol. The van der Waals surface area contributed by atoms with Crippen LogP contribution in [0, 0.1) is 5.92 Å². The lowest BCUT2D eigenvalue weighted by Gasteiger charge is -2.40. The highest BCUT2D eigenvalue weighted by atomic mass is 16.5. The van der Waals surface area contributed by atoms with E-state index in [0.717, 1.165) is 25.7 Å². The minimum absolute atomic E-state index is 0.126. The van der Waals surface area contributed by atoms with Crippen molar-refractivity contribution < 1.29 is 19.4 Å². The summed E-state index contributed by atoms with van der Waals surface area (Å²) in [7, 11) is 0. The largest absolute Gasteiger partial charge is 0.480 e. The van der Waals surface area contributed by atoms with Crippen LogP contribution in [0.5, 0.6) is 0 Å². The Kier molecular flexibility index (Phi) is 3.82. The van der Waals surface area contributed by atoms with Crippen molar-refractivity contribution in [3.63, 3.8) is 0 Å². The van der Waals surface area contributed by atoms with E-state index in [1.165, 1.54) is 0 Å². The number of likely N-dealkylation sites (tertiary alicyclic amines) is 1.